The van der Waals surface area contributed by atoms with E-state index in [1.165, 1.54) is 0 Å². The van der Waals surface area contributed by atoms with Gasteiger partial charge in [0.15, 0.2) is 17.3 Å². The van der Waals surface area contributed by atoms with Gasteiger partial charge in [-0.25, -0.2) is 13.4 Å². The van der Waals surface area contributed by atoms with Gasteiger partial charge in [-0.15, -0.1) is 0 Å². The van der Waals surface area contributed by atoms with Gasteiger partial charge in [0, 0.05) is 6.20 Å². The molecular weight excluding hydrogens is 348 g/mol. The monoisotopic (exact) mass is 364 g/mol. The molecule has 5 rings (SSSR count). The molecule has 2 aromatic carbocycles. The second kappa shape index (κ2) is 5.08. The van der Waals surface area contributed by atoms with Gasteiger partial charge in [-0.3, -0.25) is 4.90 Å². The summed E-state index contributed by atoms with van der Waals surface area (Å²) in [5.41, 5.74) is 2.23. The fourth-order valence-corrected chi connectivity index (χ4v) is 5.14. The minimum atomic E-state index is -3.63. The number of rotatable bonds is 1. The minimum Gasteiger partial charge on any atom is -0.451 e. The summed E-state index contributed by atoms with van der Waals surface area (Å²) >= 11 is 0. The number of benzene rings is 2. The molecule has 0 saturated heterocycles. The van der Waals surface area contributed by atoms with Gasteiger partial charge in [-0.1, -0.05) is 26.0 Å². The normalized spacial score (nSPS) is 15.7. The van der Waals surface area contributed by atoms with Crippen LogP contribution in [0.2, 0.25) is 0 Å². The average Bonchev–Trinajstić information content (AvgIpc) is 2.64. The van der Waals surface area contributed by atoms with E-state index in [0.717, 1.165) is 5.56 Å². The Hall–Kier alpha value is -2.86. The van der Waals surface area contributed by atoms with Crippen LogP contribution < -0.4 is 9.64 Å². The lowest BCUT2D eigenvalue weighted by molar-refractivity contribution is 0.471. The lowest BCUT2D eigenvalue weighted by Gasteiger charge is -2.37. The van der Waals surface area contributed by atoms with Gasteiger partial charge in [0.1, 0.15) is 5.69 Å². The summed E-state index contributed by atoms with van der Waals surface area (Å²) < 4.78 is 32.4. The van der Waals surface area contributed by atoms with Crippen LogP contribution >= 0.6 is 0 Å². The molecule has 0 amide bonds. The number of hydrogen-bond donors (Lipinski definition) is 0. The van der Waals surface area contributed by atoms with E-state index in [1.807, 2.05) is 23.1 Å². The van der Waals surface area contributed by atoms with Crippen LogP contribution in [-0.2, 0) is 9.84 Å². The first-order chi connectivity index (χ1) is 12.5. The van der Waals surface area contributed by atoms with Crippen molar-refractivity contribution in [2.45, 2.75) is 29.6 Å². The maximum absolute atomic E-state index is 13.2. The fraction of sp³-hybridized carbons (Fsp3) is 0.150. The molecule has 3 aromatic rings. The first-order valence-corrected chi connectivity index (χ1v) is 9.92. The van der Waals surface area contributed by atoms with Crippen LogP contribution in [0.5, 0.6) is 11.5 Å². The zero-order valence-corrected chi connectivity index (χ0v) is 15.1. The number of ether oxygens (including phenoxy) is 1. The molecular formula is C20H16N2O3S. The molecule has 0 radical (unpaired) electrons. The molecule has 0 saturated carbocycles. The number of para-hydroxylation sites is 1. The molecule has 0 spiro atoms. The Morgan fingerprint density at radius 2 is 1.81 bits per heavy atom. The summed E-state index contributed by atoms with van der Waals surface area (Å²) in [6.07, 6.45) is 1.69. The summed E-state index contributed by atoms with van der Waals surface area (Å²) in [5, 5.41) is 0. The molecule has 0 N–H and O–H groups in total. The molecule has 130 valence electrons. The van der Waals surface area contributed by atoms with Crippen LogP contribution in [0.15, 0.2) is 64.5 Å². The first kappa shape index (κ1) is 15.4. The van der Waals surface area contributed by atoms with Gasteiger partial charge >= 0.3 is 0 Å². The van der Waals surface area contributed by atoms with E-state index in [4.69, 9.17) is 4.74 Å². The standard InChI is InChI=1S/C20H16N2O3S/c1-12(2)13-8-9-17-14(11-13)22-19-15(5-3-7-18(19)26(17,23)24)25-16-6-4-10-21-20(16)22/h3-12H,1-2H3. The van der Waals surface area contributed by atoms with E-state index in [-0.39, 0.29) is 10.8 Å². The predicted molar refractivity (Wildman–Crippen MR) is 98.5 cm³/mol. The highest BCUT2D eigenvalue weighted by molar-refractivity contribution is 7.92. The molecule has 0 bridgehead atoms. The van der Waals surface area contributed by atoms with Crippen LogP contribution in [0.25, 0.3) is 0 Å². The van der Waals surface area contributed by atoms with Crippen LogP contribution in [0.3, 0.4) is 0 Å². The summed E-state index contributed by atoms with van der Waals surface area (Å²) in [6.45, 7) is 4.17. The molecule has 1 aromatic heterocycles. The Labute approximate surface area is 151 Å². The van der Waals surface area contributed by atoms with E-state index in [9.17, 15) is 8.42 Å². The summed E-state index contributed by atoms with van der Waals surface area (Å²) in [4.78, 5) is 6.92. The van der Waals surface area contributed by atoms with Crippen molar-refractivity contribution in [2.75, 3.05) is 4.90 Å². The second-order valence-corrected chi connectivity index (χ2v) is 8.64. The molecule has 26 heavy (non-hydrogen) atoms. The van der Waals surface area contributed by atoms with E-state index >= 15 is 0 Å². The molecule has 3 heterocycles. The van der Waals surface area contributed by atoms with Gasteiger partial charge in [0.25, 0.3) is 0 Å². The molecule has 2 aliphatic heterocycles. The van der Waals surface area contributed by atoms with Crippen LogP contribution in [0.4, 0.5) is 17.2 Å². The van der Waals surface area contributed by atoms with Crippen molar-refractivity contribution in [1.29, 1.82) is 0 Å². The van der Waals surface area contributed by atoms with E-state index in [2.05, 4.69) is 18.8 Å². The summed E-state index contributed by atoms with van der Waals surface area (Å²) in [5.74, 6) is 2.01. The van der Waals surface area contributed by atoms with Crippen molar-refractivity contribution in [1.82, 2.24) is 4.98 Å². The van der Waals surface area contributed by atoms with Crippen molar-refractivity contribution in [3.05, 3.63) is 60.3 Å². The maximum Gasteiger partial charge on any atom is 0.210 e. The third-order valence-corrected chi connectivity index (χ3v) is 6.67. The van der Waals surface area contributed by atoms with Crippen molar-refractivity contribution in [3.63, 3.8) is 0 Å². The average molecular weight is 364 g/mol. The number of pyridine rings is 1. The Balaban J connectivity index is 1.91. The fourth-order valence-electron chi connectivity index (χ4n) is 3.52. The van der Waals surface area contributed by atoms with Crippen molar-refractivity contribution in [2.24, 2.45) is 0 Å². The highest BCUT2D eigenvalue weighted by atomic mass is 32.2. The first-order valence-electron chi connectivity index (χ1n) is 8.43. The summed E-state index contributed by atoms with van der Waals surface area (Å²) in [7, 11) is -3.63. The maximum atomic E-state index is 13.2. The zero-order valence-electron chi connectivity index (χ0n) is 14.3. The molecule has 0 atom stereocenters. The molecule has 2 aliphatic rings. The van der Waals surface area contributed by atoms with Crippen LogP contribution in [0.1, 0.15) is 25.3 Å². The molecule has 0 unspecified atom stereocenters. The lowest BCUT2D eigenvalue weighted by atomic mass is 10.0. The minimum absolute atomic E-state index is 0.246. The van der Waals surface area contributed by atoms with E-state index in [0.29, 0.717) is 33.6 Å². The number of sulfone groups is 1. The lowest BCUT2D eigenvalue weighted by Crippen LogP contribution is -2.26. The number of aromatic nitrogens is 1. The third-order valence-electron chi connectivity index (χ3n) is 4.84. The highest BCUT2D eigenvalue weighted by Gasteiger charge is 2.41. The van der Waals surface area contributed by atoms with Crippen molar-refractivity contribution in [3.8, 4) is 11.5 Å². The number of fused-ring (bicyclic) bond motifs is 4. The molecule has 6 heteroatoms. The third kappa shape index (κ3) is 1.90. The van der Waals surface area contributed by atoms with Crippen LogP contribution in [-0.4, -0.2) is 13.4 Å². The van der Waals surface area contributed by atoms with Crippen LogP contribution in [0, 0.1) is 0 Å². The molecule has 0 aliphatic carbocycles. The zero-order chi connectivity index (χ0) is 18.1. The molecule has 5 nitrogen and oxygen atoms in total. The van der Waals surface area contributed by atoms with Crippen molar-refractivity contribution >= 4 is 27.0 Å². The van der Waals surface area contributed by atoms with E-state index < -0.39 is 9.84 Å². The number of nitrogens with zero attached hydrogens (tertiary/aromatic N) is 2. The van der Waals surface area contributed by atoms with Gasteiger partial charge in [-0.2, -0.15) is 0 Å². The Kier molecular flexibility index (Phi) is 3.01. The van der Waals surface area contributed by atoms with Crippen molar-refractivity contribution < 1.29 is 13.2 Å². The van der Waals surface area contributed by atoms with Gasteiger partial charge in [-0.05, 0) is 47.9 Å². The smallest absolute Gasteiger partial charge is 0.210 e. The Morgan fingerprint density at radius 1 is 1.00 bits per heavy atom. The summed E-state index contributed by atoms with van der Waals surface area (Å²) in [6, 6.07) is 14.3. The van der Waals surface area contributed by atoms with Gasteiger partial charge in [0.2, 0.25) is 9.84 Å². The predicted octanol–water partition coefficient (Wildman–Crippen LogP) is 4.93. The Bertz CT molecular complexity index is 1170. The SMILES string of the molecule is CC(C)c1ccc2c(c1)N1c3ncccc3Oc3cccc(c31)S2(=O)=O. The Morgan fingerprint density at radius 3 is 2.62 bits per heavy atom. The number of anilines is 3. The number of hydrogen-bond acceptors (Lipinski definition) is 5. The van der Waals surface area contributed by atoms with Gasteiger partial charge in [0.05, 0.1) is 15.5 Å². The second-order valence-electron chi connectivity index (χ2n) is 6.75. The highest BCUT2D eigenvalue weighted by Crippen LogP contribution is 2.57. The topological polar surface area (TPSA) is 59.5 Å². The quantitative estimate of drug-likeness (QED) is 0.422. The molecule has 0 fully saturated rings. The largest absolute Gasteiger partial charge is 0.451 e. The van der Waals surface area contributed by atoms with E-state index in [1.54, 1.807) is 36.5 Å². The van der Waals surface area contributed by atoms with Gasteiger partial charge < -0.3 is 4.74 Å².